The van der Waals surface area contributed by atoms with Gasteiger partial charge in [-0.05, 0) is 19.1 Å². The molecule has 2 rings (SSSR count). The summed E-state index contributed by atoms with van der Waals surface area (Å²) in [4.78, 5) is 0. The molecule has 6 heteroatoms. The van der Waals surface area contributed by atoms with Crippen LogP contribution < -0.4 is 5.32 Å². The number of hydrogen-bond donors (Lipinski definition) is 1. The van der Waals surface area contributed by atoms with Crippen molar-refractivity contribution in [1.82, 2.24) is 0 Å². The Hall–Kier alpha value is -1.98. The molecule has 1 aromatic carbocycles. The zero-order chi connectivity index (χ0) is 14.0. The molecule has 1 atom stereocenters. The monoisotopic (exact) mass is 273 g/mol. The summed E-state index contributed by atoms with van der Waals surface area (Å²) in [5.41, 5.74) is -0.809. The molecule has 0 amide bonds. The van der Waals surface area contributed by atoms with E-state index in [1.807, 2.05) is 0 Å². The molecule has 0 aliphatic rings. The summed E-state index contributed by atoms with van der Waals surface area (Å²) in [6.45, 7) is 1.62. The number of nitrogens with one attached hydrogen (secondary N) is 1. The second kappa shape index (κ2) is 5.34. The first-order valence-corrected chi connectivity index (χ1v) is 5.61. The zero-order valence-electron chi connectivity index (χ0n) is 10.0. The Morgan fingerprint density at radius 3 is 2.32 bits per heavy atom. The maximum atomic E-state index is 13.4. The van der Waals surface area contributed by atoms with Crippen LogP contribution in [0, 0.1) is 23.3 Å². The van der Waals surface area contributed by atoms with Gasteiger partial charge in [-0.3, -0.25) is 0 Å². The van der Waals surface area contributed by atoms with E-state index in [-0.39, 0.29) is 6.07 Å². The lowest BCUT2D eigenvalue weighted by Crippen LogP contribution is -2.20. The van der Waals surface area contributed by atoms with Gasteiger partial charge in [0.2, 0.25) is 0 Å². The molecule has 0 bridgehead atoms. The van der Waals surface area contributed by atoms with Crippen LogP contribution in [-0.4, -0.2) is 6.04 Å². The van der Waals surface area contributed by atoms with Crippen LogP contribution in [0.3, 0.4) is 0 Å². The molecule has 0 fully saturated rings. The van der Waals surface area contributed by atoms with Crippen LogP contribution >= 0.6 is 0 Å². The highest BCUT2D eigenvalue weighted by Crippen LogP contribution is 2.25. The Labute approximate surface area is 107 Å². The molecule has 102 valence electrons. The molecular formula is C13H11F4NO. The van der Waals surface area contributed by atoms with Gasteiger partial charge in [-0.15, -0.1) is 0 Å². The van der Waals surface area contributed by atoms with E-state index in [0.717, 1.165) is 0 Å². The van der Waals surface area contributed by atoms with Gasteiger partial charge in [0.15, 0.2) is 23.3 Å². The molecule has 0 aliphatic heterocycles. The number of furan rings is 1. The fourth-order valence-corrected chi connectivity index (χ4v) is 1.73. The SMILES string of the molecule is CC(Cc1ccco1)Nc1c(F)c(F)cc(F)c1F. The van der Waals surface area contributed by atoms with Gasteiger partial charge in [-0.2, -0.15) is 0 Å². The molecule has 1 unspecified atom stereocenters. The third-order valence-corrected chi connectivity index (χ3v) is 2.59. The standard InChI is InChI=1S/C13H11F4NO/c1-7(5-8-3-2-4-19-8)18-13-11(16)9(14)6-10(15)12(13)17/h2-4,6-7,18H,5H2,1H3. The highest BCUT2D eigenvalue weighted by atomic mass is 19.2. The Kier molecular flexibility index (Phi) is 3.78. The topological polar surface area (TPSA) is 25.2 Å². The van der Waals surface area contributed by atoms with Gasteiger partial charge in [0, 0.05) is 18.5 Å². The van der Waals surface area contributed by atoms with Crippen LogP contribution in [0.5, 0.6) is 0 Å². The van der Waals surface area contributed by atoms with Gasteiger partial charge >= 0.3 is 0 Å². The summed E-state index contributed by atoms with van der Waals surface area (Å²) in [6, 6.07) is 3.08. The van der Waals surface area contributed by atoms with E-state index in [1.165, 1.54) is 6.26 Å². The number of hydrogen-bond acceptors (Lipinski definition) is 2. The average molecular weight is 273 g/mol. The van der Waals surface area contributed by atoms with Crippen molar-refractivity contribution in [3.05, 3.63) is 53.5 Å². The van der Waals surface area contributed by atoms with Crippen molar-refractivity contribution < 1.29 is 22.0 Å². The van der Waals surface area contributed by atoms with Crippen molar-refractivity contribution in [3.63, 3.8) is 0 Å². The van der Waals surface area contributed by atoms with Crippen molar-refractivity contribution >= 4 is 5.69 Å². The third kappa shape index (κ3) is 2.89. The van der Waals surface area contributed by atoms with Gasteiger partial charge in [0.1, 0.15) is 11.4 Å². The molecule has 19 heavy (non-hydrogen) atoms. The summed E-state index contributed by atoms with van der Waals surface area (Å²) in [7, 11) is 0. The maximum Gasteiger partial charge on any atom is 0.185 e. The minimum absolute atomic E-state index is 0.174. The second-order valence-electron chi connectivity index (χ2n) is 4.17. The molecule has 0 radical (unpaired) electrons. The lowest BCUT2D eigenvalue weighted by Gasteiger charge is -2.15. The minimum Gasteiger partial charge on any atom is -0.469 e. The van der Waals surface area contributed by atoms with Gasteiger partial charge in [-0.1, -0.05) is 0 Å². The lowest BCUT2D eigenvalue weighted by atomic mass is 10.1. The molecule has 0 aliphatic carbocycles. The average Bonchev–Trinajstić information content (AvgIpc) is 2.85. The number of rotatable bonds is 4. The van der Waals surface area contributed by atoms with Crippen LogP contribution in [0.1, 0.15) is 12.7 Å². The molecule has 0 saturated carbocycles. The van der Waals surface area contributed by atoms with Gasteiger partial charge in [0.05, 0.1) is 6.26 Å². The van der Waals surface area contributed by atoms with Crippen LogP contribution in [0.2, 0.25) is 0 Å². The molecular weight excluding hydrogens is 262 g/mol. The summed E-state index contributed by atoms with van der Waals surface area (Å²) >= 11 is 0. The summed E-state index contributed by atoms with van der Waals surface area (Å²) in [6.07, 6.45) is 1.79. The normalized spacial score (nSPS) is 12.5. The molecule has 1 N–H and O–H groups in total. The smallest absolute Gasteiger partial charge is 0.185 e. The van der Waals surface area contributed by atoms with Crippen molar-refractivity contribution in [3.8, 4) is 0 Å². The second-order valence-corrected chi connectivity index (χ2v) is 4.17. The summed E-state index contributed by atoms with van der Waals surface area (Å²) in [5, 5.41) is 2.41. The van der Waals surface area contributed by atoms with Crippen molar-refractivity contribution in [2.24, 2.45) is 0 Å². The molecule has 1 heterocycles. The van der Waals surface area contributed by atoms with E-state index >= 15 is 0 Å². The Morgan fingerprint density at radius 1 is 1.16 bits per heavy atom. The lowest BCUT2D eigenvalue weighted by molar-refractivity contribution is 0.454. The first kappa shape index (κ1) is 13.5. The maximum absolute atomic E-state index is 13.4. The Balaban J connectivity index is 2.19. The largest absolute Gasteiger partial charge is 0.469 e. The van der Waals surface area contributed by atoms with Crippen LogP contribution in [0.4, 0.5) is 23.2 Å². The molecule has 0 spiro atoms. The fraction of sp³-hybridized carbons (Fsp3) is 0.231. The Bertz CT molecular complexity index is 542. The van der Waals surface area contributed by atoms with Crippen LogP contribution in [-0.2, 0) is 6.42 Å². The number of benzene rings is 1. The van der Waals surface area contributed by atoms with E-state index in [1.54, 1.807) is 19.1 Å². The molecule has 0 saturated heterocycles. The van der Waals surface area contributed by atoms with E-state index in [2.05, 4.69) is 5.32 Å². The zero-order valence-corrected chi connectivity index (χ0v) is 10.0. The fourth-order valence-electron chi connectivity index (χ4n) is 1.73. The van der Waals surface area contributed by atoms with Gasteiger partial charge < -0.3 is 9.73 Å². The van der Waals surface area contributed by atoms with E-state index in [9.17, 15) is 17.6 Å². The quantitative estimate of drug-likeness (QED) is 0.675. The third-order valence-electron chi connectivity index (χ3n) is 2.59. The Morgan fingerprint density at radius 2 is 1.79 bits per heavy atom. The van der Waals surface area contributed by atoms with Crippen LogP contribution in [0.25, 0.3) is 0 Å². The predicted molar refractivity (Wildman–Crippen MR) is 61.8 cm³/mol. The van der Waals surface area contributed by atoms with E-state index < -0.39 is 35.0 Å². The highest BCUT2D eigenvalue weighted by Gasteiger charge is 2.20. The summed E-state index contributed by atoms with van der Waals surface area (Å²) < 4.78 is 57.9. The highest BCUT2D eigenvalue weighted by molar-refractivity contribution is 5.48. The predicted octanol–water partition coefficient (Wildman–Crippen LogP) is 3.88. The molecule has 2 aromatic rings. The number of anilines is 1. The van der Waals surface area contributed by atoms with Crippen molar-refractivity contribution in [1.29, 1.82) is 0 Å². The van der Waals surface area contributed by atoms with E-state index in [0.29, 0.717) is 12.2 Å². The number of halogens is 4. The minimum atomic E-state index is -1.44. The van der Waals surface area contributed by atoms with E-state index in [4.69, 9.17) is 4.42 Å². The van der Waals surface area contributed by atoms with Crippen LogP contribution in [0.15, 0.2) is 28.9 Å². The van der Waals surface area contributed by atoms with Gasteiger partial charge in [0.25, 0.3) is 0 Å². The van der Waals surface area contributed by atoms with Gasteiger partial charge in [-0.25, -0.2) is 17.6 Å². The first-order chi connectivity index (χ1) is 8.99. The molecule has 2 nitrogen and oxygen atoms in total. The first-order valence-electron chi connectivity index (χ1n) is 5.61. The van der Waals surface area contributed by atoms with Crippen molar-refractivity contribution in [2.45, 2.75) is 19.4 Å². The van der Waals surface area contributed by atoms with Crippen molar-refractivity contribution in [2.75, 3.05) is 5.32 Å². The molecule has 1 aromatic heterocycles. The summed E-state index contributed by atoms with van der Waals surface area (Å²) in [5.74, 6) is -5.16.